The van der Waals surface area contributed by atoms with Crippen LogP contribution in [0, 0.1) is 0 Å². The third kappa shape index (κ3) is 5.70. The number of likely N-dealkylation sites (N-methyl/N-ethyl adjacent to an activating group) is 1. The Kier molecular flexibility index (Phi) is 8.97. The lowest BCUT2D eigenvalue weighted by Crippen LogP contribution is -2.49. The molecule has 10 heteroatoms. The first-order valence-corrected chi connectivity index (χ1v) is 12.0. The summed E-state index contributed by atoms with van der Waals surface area (Å²) in [5.74, 6) is 0.574. The molecule has 10 nitrogen and oxygen atoms in total. The maximum atomic E-state index is 13.3. The first-order chi connectivity index (χ1) is 16.9. The number of hydrogen-bond donors (Lipinski definition) is 1. The smallest absolute Gasteiger partial charge is 0.338 e. The van der Waals surface area contributed by atoms with Gasteiger partial charge in [0.15, 0.2) is 11.5 Å². The summed E-state index contributed by atoms with van der Waals surface area (Å²) in [5, 5.41) is 2.93. The second-order valence-electron chi connectivity index (χ2n) is 8.47. The molecule has 0 saturated carbocycles. The van der Waals surface area contributed by atoms with Gasteiger partial charge >= 0.3 is 12.0 Å². The Labute approximate surface area is 206 Å². The first kappa shape index (κ1) is 26.3. The van der Waals surface area contributed by atoms with Gasteiger partial charge in [-0.3, -0.25) is 14.6 Å². The molecule has 35 heavy (non-hydrogen) atoms. The number of nitrogens with one attached hydrogen (secondary N) is 1. The highest BCUT2D eigenvalue weighted by molar-refractivity contribution is 5.95. The zero-order valence-electron chi connectivity index (χ0n) is 21.3. The summed E-state index contributed by atoms with van der Waals surface area (Å²) >= 11 is 0. The maximum absolute atomic E-state index is 13.3. The van der Waals surface area contributed by atoms with E-state index in [4.69, 9.17) is 14.2 Å². The Balaban J connectivity index is 2.03. The van der Waals surface area contributed by atoms with Crippen molar-refractivity contribution in [1.82, 2.24) is 20.0 Å². The summed E-state index contributed by atoms with van der Waals surface area (Å²) in [6.07, 6.45) is 1.29. The number of nitrogens with zero attached hydrogens (tertiary/aromatic N) is 3. The van der Waals surface area contributed by atoms with Crippen LogP contribution in [0.4, 0.5) is 4.79 Å². The highest BCUT2D eigenvalue weighted by Gasteiger charge is 2.39. The van der Waals surface area contributed by atoms with Gasteiger partial charge in [-0.1, -0.05) is 19.1 Å². The van der Waals surface area contributed by atoms with Crippen LogP contribution >= 0.6 is 0 Å². The molecule has 0 aromatic heterocycles. The van der Waals surface area contributed by atoms with Gasteiger partial charge < -0.3 is 24.4 Å². The minimum Gasteiger partial charge on any atom is -0.493 e. The van der Waals surface area contributed by atoms with Crippen LogP contribution in [0.2, 0.25) is 0 Å². The molecule has 1 atom stereocenters. The number of amides is 3. The number of rotatable bonds is 8. The van der Waals surface area contributed by atoms with Gasteiger partial charge in [0, 0.05) is 57.5 Å². The molecule has 1 aromatic carbocycles. The molecule has 2 heterocycles. The number of ether oxygens (including phenoxy) is 3. The largest absolute Gasteiger partial charge is 0.493 e. The summed E-state index contributed by atoms with van der Waals surface area (Å²) in [7, 11) is 4.70. The fraction of sp³-hybridized carbons (Fsp3) is 0.560. The zero-order valence-corrected chi connectivity index (χ0v) is 21.3. The number of carbonyl (C=O) groups is 3. The SMILES string of the molecule is CCOC(=O)C1=C(CN2CCCN(C(=O)CC)CC2)N(C)C(=O)NC1c1cccc(OC)c1OC. The van der Waals surface area contributed by atoms with Crippen LogP contribution in [0.5, 0.6) is 11.5 Å². The quantitative estimate of drug-likeness (QED) is 0.560. The van der Waals surface area contributed by atoms with E-state index < -0.39 is 12.0 Å². The molecule has 1 N–H and O–H groups in total. The van der Waals surface area contributed by atoms with Crippen LogP contribution < -0.4 is 14.8 Å². The van der Waals surface area contributed by atoms with E-state index in [1.54, 1.807) is 32.2 Å². The Morgan fingerprint density at radius 1 is 1.09 bits per heavy atom. The van der Waals surface area contributed by atoms with E-state index in [-0.39, 0.29) is 18.5 Å². The molecule has 3 amide bonds. The normalized spacial score (nSPS) is 19.2. The summed E-state index contributed by atoms with van der Waals surface area (Å²) < 4.78 is 16.5. The molecular weight excluding hydrogens is 452 g/mol. The molecule has 192 valence electrons. The highest BCUT2D eigenvalue weighted by atomic mass is 16.5. The van der Waals surface area contributed by atoms with Crippen molar-refractivity contribution in [2.75, 3.05) is 60.6 Å². The molecule has 2 aliphatic rings. The third-order valence-electron chi connectivity index (χ3n) is 6.43. The number of urea groups is 1. The van der Waals surface area contributed by atoms with Gasteiger partial charge in [0.2, 0.25) is 5.91 Å². The Bertz CT molecular complexity index is 979. The number of hydrogen-bond acceptors (Lipinski definition) is 7. The molecule has 3 rings (SSSR count). The van der Waals surface area contributed by atoms with E-state index in [1.165, 1.54) is 19.1 Å². The fourth-order valence-electron chi connectivity index (χ4n) is 4.58. The lowest BCUT2D eigenvalue weighted by molar-refractivity contribution is -0.139. The molecule has 1 fully saturated rings. The fourth-order valence-corrected chi connectivity index (χ4v) is 4.58. The van der Waals surface area contributed by atoms with Gasteiger partial charge in [-0.25, -0.2) is 9.59 Å². The van der Waals surface area contributed by atoms with Gasteiger partial charge in [-0.05, 0) is 19.4 Å². The maximum Gasteiger partial charge on any atom is 0.338 e. The second kappa shape index (κ2) is 11.9. The second-order valence-corrected chi connectivity index (χ2v) is 8.47. The number of benzene rings is 1. The number of esters is 1. The summed E-state index contributed by atoms with van der Waals surface area (Å²) in [6, 6.07) is 4.24. The van der Waals surface area contributed by atoms with Gasteiger partial charge in [0.1, 0.15) is 0 Å². The molecule has 1 unspecified atom stereocenters. The molecule has 0 spiro atoms. The van der Waals surface area contributed by atoms with E-state index >= 15 is 0 Å². The lowest BCUT2D eigenvalue weighted by atomic mass is 9.93. The number of carbonyl (C=O) groups excluding carboxylic acids is 3. The average Bonchev–Trinajstić information content (AvgIpc) is 3.11. The van der Waals surface area contributed by atoms with Gasteiger partial charge in [0.25, 0.3) is 0 Å². The van der Waals surface area contributed by atoms with Crippen molar-refractivity contribution in [3.05, 3.63) is 35.0 Å². The lowest BCUT2D eigenvalue weighted by Gasteiger charge is -2.37. The van der Waals surface area contributed by atoms with Crippen LogP contribution in [0.15, 0.2) is 29.5 Å². The Morgan fingerprint density at radius 2 is 1.86 bits per heavy atom. The van der Waals surface area contributed by atoms with Crippen molar-refractivity contribution < 1.29 is 28.6 Å². The van der Waals surface area contributed by atoms with E-state index in [2.05, 4.69) is 10.2 Å². The van der Waals surface area contributed by atoms with Crippen molar-refractivity contribution in [3.63, 3.8) is 0 Å². The zero-order chi connectivity index (χ0) is 25.5. The van der Waals surface area contributed by atoms with E-state index in [0.29, 0.717) is 60.9 Å². The van der Waals surface area contributed by atoms with Gasteiger partial charge in [0.05, 0.1) is 32.4 Å². The van der Waals surface area contributed by atoms with Gasteiger partial charge in [-0.15, -0.1) is 0 Å². The van der Waals surface area contributed by atoms with Crippen molar-refractivity contribution in [3.8, 4) is 11.5 Å². The first-order valence-electron chi connectivity index (χ1n) is 12.0. The highest BCUT2D eigenvalue weighted by Crippen LogP contribution is 2.40. The summed E-state index contributed by atoms with van der Waals surface area (Å²) in [4.78, 5) is 44.0. The molecular formula is C25H36N4O6. The molecule has 1 saturated heterocycles. The minimum atomic E-state index is -0.775. The van der Waals surface area contributed by atoms with Crippen LogP contribution in [0.1, 0.15) is 38.3 Å². The van der Waals surface area contributed by atoms with Crippen molar-refractivity contribution in [2.24, 2.45) is 0 Å². The Morgan fingerprint density at radius 3 is 2.51 bits per heavy atom. The van der Waals surface area contributed by atoms with Crippen LogP contribution in [0.25, 0.3) is 0 Å². The predicted molar refractivity (Wildman–Crippen MR) is 130 cm³/mol. The van der Waals surface area contributed by atoms with Crippen molar-refractivity contribution in [1.29, 1.82) is 0 Å². The molecule has 2 aliphatic heterocycles. The topological polar surface area (TPSA) is 101 Å². The Hall–Kier alpha value is -3.27. The molecule has 1 aromatic rings. The van der Waals surface area contributed by atoms with Gasteiger partial charge in [-0.2, -0.15) is 0 Å². The predicted octanol–water partition coefficient (Wildman–Crippen LogP) is 2.16. The van der Waals surface area contributed by atoms with E-state index in [0.717, 1.165) is 13.0 Å². The van der Waals surface area contributed by atoms with E-state index in [1.807, 2.05) is 11.8 Å². The molecule has 0 radical (unpaired) electrons. The number of para-hydroxylation sites is 1. The van der Waals surface area contributed by atoms with E-state index in [9.17, 15) is 14.4 Å². The van der Waals surface area contributed by atoms with Crippen LogP contribution in [0.3, 0.4) is 0 Å². The summed E-state index contributed by atoms with van der Waals surface area (Å²) in [6.45, 7) is 6.89. The third-order valence-corrected chi connectivity index (χ3v) is 6.43. The van der Waals surface area contributed by atoms with Crippen LogP contribution in [-0.2, 0) is 14.3 Å². The van der Waals surface area contributed by atoms with Crippen molar-refractivity contribution >= 4 is 17.9 Å². The molecule has 0 bridgehead atoms. The minimum absolute atomic E-state index is 0.137. The molecule has 0 aliphatic carbocycles. The monoisotopic (exact) mass is 488 g/mol. The van der Waals surface area contributed by atoms with Crippen molar-refractivity contribution in [2.45, 2.75) is 32.7 Å². The average molecular weight is 489 g/mol. The number of methoxy groups -OCH3 is 2. The summed E-state index contributed by atoms with van der Waals surface area (Å²) in [5.41, 5.74) is 1.52. The standard InChI is InChI=1S/C25H36N4O6/c1-6-20(30)29-13-9-12-28(14-15-29)16-18-21(24(31)35-7-2)22(26-25(32)27(18)3)17-10-8-11-19(33-4)23(17)34-5/h8,10-11,22H,6-7,9,12-16H2,1-5H3,(H,26,32). The van der Waals surface area contributed by atoms with Crippen LogP contribution in [-0.4, -0.2) is 93.2 Å².